The molecule has 0 spiro atoms. The van der Waals surface area contributed by atoms with Crippen molar-refractivity contribution in [3.8, 4) is 0 Å². The zero-order valence-corrected chi connectivity index (χ0v) is 12.2. The molecule has 1 amide bonds. The lowest BCUT2D eigenvalue weighted by Gasteiger charge is -2.35. The maximum atomic E-state index is 12.4. The summed E-state index contributed by atoms with van der Waals surface area (Å²) in [5, 5.41) is 0. The Hall–Kier alpha value is -1.34. The van der Waals surface area contributed by atoms with Crippen LogP contribution in [0.25, 0.3) is 0 Å². The van der Waals surface area contributed by atoms with E-state index in [2.05, 4.69) is 0 Å². The highest BCUT2D eigenvalue weighted by molar-refractivity contribution is 7.88. The van der Waals surface area contributed by atoms with Crippen molar-refractivity contribution in [2.45, 2.75) is 18.9 Å². The lowest BCUT2D eigenvalue weighted by molar-refractivity contribution is 0.0556. The normalized spacial score (nSPS) is 27.6. The predicted molar refractivity (Wildman–Crippen MR) is 72.7 cm³/mol. The van der Waals surface area contributed by atoms with Crippen molar-refractivity contribution >= 4 is 15.9 Å². The third-order valence-corrected chi connectivity index (χ3v) is 5.38. The molecule has 0 unspecified atom stereocenters. The second kappa shape index (κ2) is 4.89. The average Bonchev–Trinajstić information content (AvgIpc) is 2.76. The molecule has 0 N–H and O–H groups in total. The lowest BCUT2D eigenvalue weighted by Crippen LogP contribution is -2.47. The van der Waals surface area contributed by atoms with Gasteiger partial charge in [-0.2, -0.15) is 4.31 Å². The number of piperidine rings is 1. The van der Waals surface area contributed by atoms with Crippen molar-refractivity contribution < 1.29 is 17.6 Å². The molecule has 7 heteroatoms. The summed E-state index contributed by atoms with van der Waals surface area (Å²) in [7, 11) is -3.21. The van der Waals surface area contributed by atoms with E-state index >= 15 is 0 Å². The number of carbonyl (C=O) groups excluding carboxylic acids is 1. The predicted octanol–water partition coefficient (Wildman–Crippen LogP) is 0.776. The van der Waals surface area contributed by atoms with Crippen molar-refractivity contribution in [1.82, 2.24) is 9.21 Å². The fourth-order valence-electron chi connectivity index (χ4n) is 3.10. The fourth-order valence-corrected chi connectivity index (χ4v) is 4.02. The smallest absolute Gasteiger partial charge is 0.289 e. The van der Waals surface area contributed by atoms with Crippen LogP contribution in [0.4, 0.5) is 0 Å². The van der Waals surface area contributed by atoms with Gasteiger partial charge in [0.1, 0.15) is 0 Å². The lowest BCUT2D eigenvalue weighted by atomic mass is 9.95. The van der Waals surface area contributed by atoms with Gasteiger partial charge in [-0.25, -0.2) is 8.42 Å². The summed E-state index contributed by atoms with van der Waals surface area (Å²) in [6.45, 7) is 1.51. The highest BCUT2D eigenvalue weighted by Crippen LogP contribution is 2.30. The van der Waals surface area contributed by atoms with Gasteiger partial charge in [0.15, 0.2) is 5.76 Å². The van der Waals surface area contributed by atoms with Crippen LogP contribution in [0.3, 0.4) is 0 Å². The van der Waals surface area contributed by atoms with E-state index in [1.807, 2.05) is 0 Å². The van der Waals surface area contributed by atoms with Gasteiger partial charge in [-0.15, -0.1) is 0 Å². The molecule has 20 heavy (non-hydrogen) atoms. The molecule has 2 bridgehead atoms. The minimum Gasteiger partial charge on any atom is -0.459 e. The van der Waals surface area contributed by atoms with Gasteiger partial charge in [0.05, 0.1) is 12.5 Å². The molecule has 110 valence electrons. The summed E-state index contributed by atoms with van der Waals surface area (Å²) in [6.07, 6.45) is 4.53. The zero-order chi connectivity index (χ0) is 14.3. The van der Waals surface area contributed by atoms with Crippen LogP contribution in [-0.4, -0.2) is 55.5 Å². The molecule has 0 aliphatic carbocycles. The number of sulfonamides is 1. The molecule has 0 aromatic carbocycles. The molecule has 1 aromatic heterocycles. The van der Waals surface area contributed by atoms with Gasteiger partial charge in [-0.05, 0) is 30.9 Å². The number of rotatable bonds is 2. The van der Waals surface area contributed by atoms with Crippen LogP contribution in [0.1, 0.15) is 23.4 Å². The number of hydrogen-bond donors (Lipinski definition) is 0. The van der Waals surface area contributed by atoms with E-state index in [0.717, 1.165) is 12.8 Å². The minimum atomic E-state index is -3.21. The molecule has 4 rings (SSSR count). The Kier molecular flexibility index (Phi) is 3.33. The summed E-state index contributed by atoms with van der Waals surface area (Å²) in [5.41, 5.74) is 0. The number of nitrogens with zero attached hydrogens (tertiary/aromatic N) is 2. The summed E-state index contributed by atoms with van der Waals surface area (Å²) < 4.78 is 30.2. The topological polar surface area (TPSA) is 70.8 Å². The third-order valence-electron chi connectivity index (χ3n) is 4.14. The van der Waals surface area contributed by atoms with Gasteiger partial charge < -0.3 is 9.32 Å². The summed E-state index contributed by atoms with van der Waals surface area (Å²) in [5.74, 6) is 0.394. The average molecular weight is 298 g/mol. The van der Waals surface area contributed by atoms with Crippen LogP contribution in [0.2, 0.25) is 0 Å². The van der Waals surface area contributed by atoms with Crippen molar-refractivity contribution in [2.75, 3.05) is 25.9 Å². The molecule has 3 aliphatic rings. The molecule has 3 fully saturated rings. The maximum Gasteiger partial charge on any atom is 0.289 e. The zero-order valence-electron chi connectivity index (χ0n) is 11.4. The highest BCUT2D eigenvalue weighted by Gasteiger charge is 2.40. The first-order valence-corrected chi connectivity index (χ1v) is 8.59. The second-order valence-corrected chi connectivity index (χ2v) is 7.59. The van der Waals surface area contributed by atoms with Gasteiger partial charge >= 0.3 is 0 Å². The Labute approximate surface area is 118 Å². The molecule has 1 aromatic rings. The number of furan rings is 1. The van der Waals surface area contributed by atoms with Crippen molar-refractivity contribution in [3.63, 3.8) is 0 Å². The summed E-state index contributed by atoms with van der Waals surface area (Å²) in [4.78, 5) is 14.2. The number of fused-ring (bicyclic) bond motifs is 4. The minimum absolute atomic E-state index is 0.0546. The Morgan fingerprint density at radius 1 is 1.30 bits per heavy atom. The monoisotopic (exact) mass is 298 g/mol. The van der Waals surface area contributed by atoms with Crippen LogP contribution >= 0.6 is 0 Å². The Morgan fingerprint density at radius 2 is 2.10 bits per heavy atom. The van der Waals surface area contributed by atoms with Gasteiger partial charge in [0.2, 0.25) is 10.0 Å². The number of carbonyl (C=O) groups is 1. The molecule has 0 radical (unpaired) electrons. The molecule has 6 nitrogen and oxygen atoms in total. The molecule has 3 saturated heterocycles. The Morgan fingerprint density at radius 3 is 2.75 bits per heavy atom. The van der Waals surface area contributed by atoms with E-state index in [-0.39, 0.29) is 17.9 Å². The second-order valence-electron chi connectivity index (χ2n) is 5.61. The van der Waals surface area contributed by atoms with E-state index < -0.39 is 10.0 Å². The molecule has 2 atom stereocenters. The van der Waals surface area contributed by atoms with Gasteiger partial charge in [-0.3, -0.25) is 4.79 Å². The standard InChI is InChI=1S/C13H18N2O4S/c1-20(17,18)14-7-10-4-5-11(9-14)15(8-10)13(16)12-3-2-6-19-12/h2-3,6,10-11H,4-5,7-9H2,1H3/t10-,11+/m0/s1. The van der Waals surface area contributed by atoms with Crippen molar-refractivity contribution in [2.24, 2.45) is 5.92 Å². The van der Waals surface area contributed by atoms with E-state index in [0.29, 0.717) is 25.4 Å². The molecule has 0 saturated carbocycles. The molecule has 4 heterocycles. The quantitative estimate of drug-likeness (QED) is 0.809. The summed E-state index contributed by atoms with van der Waals surface area (Å²) >= 11 is 0. The molecular formula is C13H18N2O4S. The van der Waals surface area contributed by atoms with Crippen LogP contribution in [-0.2, 0) is 10.0 Å². The van der Waals surface area contributed by atoms with Crippen molar-refractivity contribution in [3.05, 3.63) is 24.2 Å². The highest BCUT2D eigenvalue weighted by atomic mass is 32.2. The van der Waals surface area contributed by atoms with Crippen LogP contribution in [0.5, 0.6) is 0 Å². The SMILES string of the molecule is CS(=O)(=O)N1C[C@@H]2CC[C@H](C1)N(C(=O)c1ccco1)C2. The van der Waals surface area contributed by atoms with Gasteiger partial charge in [-0.1, -0.05) is 0 Å². The third kappa shape index (κ3) is 2.47. The van der Waals surface area contributed by atoms with E-state index in [1.165, 1.54) is 16.8 Å². The Bertz CT molecular complexity index is 596. The first-order valence-electron chi connectivity index (χ1n) is 6.75. The molecule has 3 aliphatic heterocycles. The van der Waals surface area contributed by atoms with Crippen LogP contribution in [0, 0.1) is 5.92 Å². The van der Waals surface area contributed by atoms with E-state index in [1.54, 1.807) is 17.0 Å². The maximum absolute atomic E-state index is 12.4. The summed E-state index contributed by atoms with van der Waals surface area (Å²) in [6, 6.07) is 3.28. The van der Waals surface area contributed by atoms with E-state index in [9.17, 15) is 13.2 Å². The number of amides is 1. The largest absolute Gasteiger partial charge is 0.459 e. The van der Waals surface area contributed by atoms with Crippen LogP contribution in [0.15, 0.2) is 22.8 Å². The van der Waals surface area contributed by atoms with Gasteiger partial charge in [0, 0.05) is 25.7 Å². The number of hydrogen-bond acceptors (Lipinski definition) is 4. The molecular weight excluding hydrogens is 280 g/mol. The van der Waals surface area contributed by atoms with Crippen LogP contribution < -0.4 is 0 Å². The Balaban J connectivity index is 1.84. The fraction of sp³-hybridized carbons (Fsp3) is 0.615. The van der Waals surface area contributed by atoms with Crippen molar-refractivity contribution in [1.29, 1.82) is 0 Å². The first-order chi connectivity index (χ1) is 9.45. The van der Waals surface area contributed by atoms with E-state index in [4.69, 9.17) is 4.42 Å². The first kappa shape index (κ1) is 13.6. The van der Waals surface area contributed by atoms with Gasteiger partial charge in [0.25, 0.3) is 5.91 Å².